The van der Waals surface area contributed by atoms with Crippen LogP contribution in [-0.2, 0) is 25.8 Å². The lowest BCUT2D eigenvalue weighted by Crippen LogP contribution is -2.43. The third-order valence-corrected chi connectivity index (χ3v) is 5.45. The quantitative estimate of drug-likeness (QED) is 0.542. The Hall–Kier alpha value is -2.58. The minimum Gasteiger partial charge on any atom is -0.352 e. The molecule has 0 bridgehead atoms. The SMILES string of the molecule is CN=C(NCc1ccc(CN2CCN(C)CC2)cc1)NCc1ccc(C(F)(F)F)cc1. The Bertz CT molecular complexity index is 839. The van der Waals surface area contributed by atoms with Crippen LogP contribution in [0.25, 0.3) is 0 Å². The van der Waals surface area contributed by atoms with Gasteiger partial charge >= 0.3 is 6.18 Å². The summed E-state index contributed by atoms with van der Waals surface area (Å²) >= 11 is 0. The van der Waals surface area contributed by atoms with Crippen LogP contribution in [0.2, 0.25) is 0 Å². The van der Waals surface area contributed by atoms with Gasteiger partial charge in [0.15, 0.2) is 5.96 Å². The summed E-state index contributed by atoms with van der Waals surface area (Å²) in [6, 6.07) is 13.7. The van der Waals surface area contributed by atoms with Crippen LogP contribution in [0.5, 0.6) is 0 Å². The molecule has 0 aromatic heterocycles. The third kappa shape index (κ3) is 7.25. The monoisotopic (exact) mass is 433 g/mol. The van der Waals surface area contributed by atoms with E-state index < -0.39 is 11.7 Å². The van der Waals surface area contributed by atoms with Crippen molar-refractivity contribution in [2.45, 2.75) is 25.8 Å². The molecule has 1 saturated heterocycles. The van der Waals surface area contributed by atoms with Gasteiger partial charge < -0.3 is 15.5 Å². The van der Waals surface area contributed by atoms with Crippen molar-refractivity contribution in [2.75, 3.05) is 40.3 Å². The van der Waals surface area contributed by atoms with Crippen molar-refractivity contribution in [1.29, 1.82) is 0 Å². The first-order chi connectivity index (χ1) is 14.8. The second kappa shape index (κ2) is 10.6. The number of hydrogen-bond donors (Lipinski definition) is 2. The van der Waals surface area contributed by atoms with E-state index in [4.69, 9.17) is 0 Å². The van der Waals surface area contributed by atoms with Crippen molar-refractivity contribution in [1.82, 2.24) is 20.4 Å². The number of likely N-dealkylation sites (N-methyl/N-ethyl adjacent to an activating group) is 1. The van der Waals surface area contributed by atoms with E-state index in [0.717, 1.165) is 56.0 Å². The Kier molecular flexibility index (Phi) is 7.92. The van der Waals surface area contributed by atoms with Gasteiger partial charge in [0.2, 0.25) is 0 Å². The van der Waals surface area contributed by atoms with Gasteiger partial charge in [-0.15, -0.1) is 0 Å². The number of nitrogens with one attached hydrogen (secondary N) is 2. The normalized spacial score (nSPS) is 16.4. The van der Waals surface area contributed by atoms with Gasteiger partial charge in [-0.1, -0.05) is 36.4 Å². The van der Waals surface area contributed by atoms with E-state index in [9.17, 15) is 13.2 Å². The molecule has 0 unspecified atom stereocenters. The van der Waals surface area contributed by atoms with Crippen molar-refractivity contribution in [3.05, 3.63) is 70.8 Å². The molecule has 2 N–H and O–H groups in total. The van der Waals surface area contributed by atoms with Crippen LogP contribution in [0, 0.1) is 0 Å². The molecule has 0 radical (unpaired) electrons. The predicted molar refractivity (Wildman–Crippen MR) is 118 cm³/mol. The van der Waals surface area contributed by atoms with Gasteiger partial charge in [-0.25, -0.2) is 0 Å². The minimum atomic E-state index is -4.32. The molecule has 0 aliphatic carbocycles. The second-order valence-electron chi connectivity index (χ2n) is 7.87. The maximum absolute atomic E-state index is 12.7. The molecule has 0 saturated carbocycles. The lowest BCUT2D eigenvalue weighted by Gasteiger charge is -2.32. The maximum atomic E-state index is 12.7. The van der Waals surface area contributed by atoms with Crippen LogP contribution in [0.4, 0.5) is 13.2 Å². The van der Waals surface area contributed by atoms with Gasteiger partial charge in [0.25, 0.3) is 0 Å². The molecule has 1 aliphatic heterocycles. The Morgan fingerprint density at radius 1 is 0.839 bits per heavy atom. The first kappa shape index (κ1) is 23.1. The maximum Gasteiger partial charge on any atom is 0.416 e. The van der Waals surface area contributed by atoms with Crippen LogP contribution < -0.4 is 10.6 Å². The van der Waals surface area contributed by atoms with Crippen LogP contribution in [0.1, 0.15) is 22.3 Å². The van der Waals surface area contributed by atoms with Crippen molar-refractivity contribution < 1.29 is 13.2 Å². The molecule has 1 fully saturated rings. The smallest absolute Gasteiger partial charge is 0.352 e. The number of piperazine rings is 1. The van der Waals surface area contributed by atoms with Gasteiger partial charge in [-0.2, -0.15) is 13.2 Å². The van der Waals surface area contributed by atoms with E-state index in [-0.39, 0.29) is 0 Å². The first-order valence-corrected chi connectivity index (χ1v) is 10.4. The van der Waals surface area contributed by atoms with E-state index in [1.807, 2.05) is 0 Å². The standard InChI is InChI=1S/C23H30F3N5/c1-27-22(29-16-19-7-9-21(10-8-19)23(24,25)26)28-15-18-3-5-20(6-4-18)17-31-13-11-30(2)12-14-31/h3-10H,11-17H2,1-2H3,(H2,27,28,29). The van der Waals surface area contributed by atoms with Gasteiger partial charge in [-0.3, -0.25) is 9.89 Å². The van der Waals surface area contributed by atoms with Gasteiger partial charge in [0.05, 0.1) is 5.56 Å². The highest BCUT2D eigenvalue weighted by atomic mass is 19.4. The summed E-state index contributed by atoms with van der Waals surface area (Å²) in [5.74, 6) is 0.599. The summed E-state index contributed by atoms with van der Waals surface area (Å²) in [7, 11) is 3.83. The van der Waals surface area contributed by atoms with Gasteiger partial charge in [-0.05, 0) is 35.9 Å². The molecule has 3 rings (SSSR count). The van der Waals surface area contributed by atoms with Gasteiger partial charge in [0, 0.05) is 52.9 Å². The molecule has 2 aromatic rings. The molecule has 31 heavy (non-hydrogen) atoms. The number of alkyl halides is 3. The molecule has 0 atom stereocenters. The summed E-state index contributed by atoms with van der Waals surface area (Å²) in [6.45, 7) is 6.39. The Balaban J connectivity index is 1.44. The lowest BCUT2D eigenvalue weighted by molar-refractivity contribution is -0.137. The van der Waals surface area contributed by atoms with E-state index in [0.29, 0.717) is 19.0 Å². The molecule has 2 aromatic carbocycles. The Morgan fingerprint density at radius 2 is 1.32 bits per heavy atom. The number of aliphatic imine (C=N–C) groups is 1. The highest BCUT2D eigenvalue weighted by Gasteiger charge is 2.29. The Labute approximate surface area is 182 Å². The van der Waals surface area contributed by atoms with Gasteiger partial charge in [0.1, 0.15) is 0 Å². The number of rotatable bonds is 6. The summed E-state index contributed by atoms with van der Waals surface area (Å²) < 4.78 is 38.0. The molecule has 0 amide bonds. The average Bonchev–Trinajstić information content (AvgIpc) is 2.76. The van der Waals surface area contributed by atoms with Crippen molar-refractivity contribution in [3.8, 4) is 0 Å². The summed E-state index contributed by atoms with van der Waals surface area (Å²) in [5.41, 5.74) is 2.55. The number of guanidine groups is 1. The number of hydrogen-bond acceptors (Lipinski definition) is 3. The minimum absolute atomic E-state index is 0.391. The molecule has 0 spiro atoms. The van der Waals surface area contributed by atoms with Crippen molar-refractivity contribution in [2.24, 2.45) is 4.99 Å². The summed E-state index contributed by atoms with van der Waals surface area (Å²) in [4.78, 5) is 9.00. The fourth-order valence-electron chi connectivity index (χ4n) is 3.43. The first-order valence-electron chi connectivity index (χ1n) is 10.4. The van der Waals surface area contributed by atoms with Crippen LogP contribution in [0.15, 0.2) is 53.5 Å². The van der Waals surface area contributed by atoms with E-state index in [1.165, 1.54) is 17.7 Å². The number of benzene rings is 2. The second-order valence-corrected chi connectivity index (χ2v) is 7.87. The highest BCUT2D eigenvalue weighted by Crippen LogP contribution is 2.29. The highest BCUT2D eigenvalue weighted by molar-refractivity contribution is 5.79. The van der Waals surface area contributed by atoms with E-state index in [1.54, 1.807) is 7.05 Å². The number of nitrogens with zero attached hydrogens (tertiary/aromatic N) is 3. The fourth-order valence-corrected chi connectivity index (χ4v) is 3.43. The Morgan fingerprint density at radius 3 is 1.81 bits per heavy atom. The molecular formula is C23H30F3N5. The predicted octanol–water partition coefficient (Wildman–Crippen LogP) is 3.32. The number of halogens is 3. The summed E-state index contributed by atoms with van der Waals surface area (Å²) in [6.07, 6.45) is -4.32. The lowest BCUT2D eigenvalue weighted by atomic mass is 10.1. The topological polar surface area (TPSA) is 42.9 Å². The van der Waals surface area contributed by atoms with E-state index >= 15 is 0 Å². The zero-order chi connectivity index (χ0) is 22.3. The molecule has 168 valence electrons. The van der Waals surface area contributed by atoms with Crippen molar-refractivity contribution in [3.63, 3.8) is 0 Å². The average molecular weight is 434 g/mol. The molecule has 1 aliphatic rings. The van der Waals surface area contributed by atoms with Crippen LogP contribution in [-0.4, -0.2) is 56.0 Å². The summed E-state index contributed by atoms with van der Waals surface area (Å²) in [5, 5.41) is 6.37. The van der Waals surface area contributed by atoms with E-state index in [2.05, 4.69) is 56.7 Å². The zero-order valence-corrected chi connectivity index (χ0v) is 18.0. The largest absolute Gasteiger partial charge is 0.416 e. The molecule has 5 nitrogen and oxygen atoms in total. The van der Waals surface area contributed by atoms with Crippen molar-refractivity contribution >= 4 is 5.96 Å². The molecule has 1 heterocycles. The molecule has 8 heteroatoms. The van der Waals surface area contributed by atoms with Crippen LogP contribution >= 0.6 is 0 Å². The third-order valence-electron chi connectivity index (χ3n) is 5.45. The molecular weight excluding hydrogens is 403 g/mol. The van der Waals surface area contributed by atoms with Crippen LogP contribution in [0.3, 0.4) is 0 Å². The fraction of sp³-hybridized carbons (Fsp3) is 0.435. The zero-order valence-electron chi connectivity index (χ0n) is 18.0.